The SMILES string of the molecule is NCCN(Cc1ccccc1)C(=O)C(F)(F)C(F)(F)F. The van der Waals surface area contributed by atoms with Crippen molar-refractivity contribution in [3.8, 4) is 0 Å². The molecule has 0 atom stereocenters. The van der Waals surface area contributed by atoms with Crippen molar-refractivity contribution in [3.05, 3.63) is 35.9 Å². The zero-order valence-electron chi connectivity index (χ0n) is 10.3. The molecule has 8 heteroatoms. The van der Waals surface area contributed by atoms with Gasteiger partial charge in [0.05, 0.1) is 0 Å². The van der Waals surface area contributed by atoms with E-state index in [2.05, 4.69) is 0 Å². The predicted molar refractivity (Wildman–Crippen MR) is 61.9 cm³/mol. The van der Waals surface area contributed by atoms with Crippen molar-refractivity contribution < 1.29 is 26.7 Å². The lowest BCUT2D eigenvalue weighted by atomic mass is 10.2. The predicted octanol–water partition coefficient (Wildman–Crippen LogP) is 2.17. The van der Waals surface area contributed by atoms with Gasteiger partial charge in [-0.3, -0.25) is 4.79 Å². The molecule has 0 fully saturated rings. The van der Waals surface area contributed by atoms with Crippen LogP contribution in [0.5, 0.6) is 0 Å². The largest absolute Gasteiger partial charge is 0.463 e. The van der Waals surface area contributed by atoms with Crippen molar-refractivity contribution in [3.63, 3.8) is 0 Å². The van der Waals surface area contributed by atoms with E-state index in [9.17, 15) is 26.7 Å². The number of carbonyl (C=O) groups excluding carboxylic acids is 1. The number of halogens is 5. The summed E-state index contributed by atoms with van der Waals surface area (Å²) >= 11 is 0. The van der Waals surface area contributed by atoms with E-state index in [1.807, 2.05) is 0 Å². The first-order valence-corrected chi connectivity index (χ1v) is 5.68. The maximum atomic E-state index is 13.0. The van der Waals surface area contributed by atoms with E-state index in [-0.39, 0.29) is 19.6 Å². The van der Waals surface area contributed by atoms with Crippen molar-refractivity contribution in [2.24, 2.45) is 5.73 Å². The lowest BCUT2D eigenvalue weighted by molar-refractivity contribution is -0.274. The van der Waals surface area contributed by atoms with E-state index >= 15 is 0 Å². The molecular formula is C12H13F5N2O. The first-order chi connectivity index (χ1) is 9.20. The molecule has 0 saturated carbocycles. The number of nitrogens with zero attached hydrogens (tertiary/aromatic N) is 1. The van der Waals surface area contributed by atoms with Gasteiger partial charge in [-0.05, 0) is 5.56 Å². The van der Waals surface area contributed by atoms with E-state index in [4.69, 9.17) is 5.73 Å². The van der Waals surface area contributed by atoms with Crippen LogP contribution in [0.15, 0.2) is 30.3 Å². The van der Waals surface area contributed by atoms with Gasteiger partial charge in [0.15, 0.2) is 0 Å². The highest BCUT2D eigenvalue weighted by atomic mass is 19.4. The van der Waals surface area contributed by atoms with Crippen LogP contribution in [0.3, 0.4) is 0 Å². The highest BCUT2D eigenvalue weighted by Crippen LogP contribution is 2.37. The molecule has 1 aromatic carbocycles. The van der Waals surface area contributed by atoms with Crippen LogP contribution in [0, 0.1) is 0 Å². The summed E-state index contributed by atoms with van der Waals surface area (Å²) in [6.07, 6.45) is -5.92. The Bertz CT molecular complexity index is 447. The van der Waals surface area contributed by atoms with Gasteiger partial charge in [0, 0.05) is 19.6 Å². The van der Waals surface area contributed by atoms with E-state index in [1.165, 1.54) is 12.1 Å². The highest BCUT2D eigenvalue weighted by Gasteiger charge is 2.64. The molecule has 20 heavy (non-hydrogen) atoms. The number of nitrogens with two attached hydrogens (primary N) is 1. The fourth-order valence-electron chi connectivity index (χ4n) is 1.53. The molecule has 1 rings (SSSR count). The van der Waals surface area contributed by atoms with Gasteiger partial charge in [-0.25, -0.2) is 0 Å². The number of alkyl halides is 5. The molecule has 0 unspecified atom stereocenters. The third-order valence-electron chi connectivity index (χ3n) is 2.53. The third kappa shape index (κ3) is 3.66. The first-order valence-electron chi connectivity index (χ1n) is 5.68. The summed E-state index contributed by atoms with van der Waals surface area (Å²) in [5.74, 6) is -7.71. The van der Waals surface area contributed by atoms with Crippen LogP contribution in [0.4, 0.5) is 22.0 Å². The molecule has 0 saturated heterocycles. The second-order valence-corrected chi connectivity index (χ2v) is 4.07. The van der Waals surface area contributed by atoms with Crippen LogP contribution in [-0.4, -0.2) is 36.0 Å². The van der Waals surface area contributed by atoms with Gasteiger partial charge in [0.1, 0.15) is 0 Å². The summed E-state index contributed by atoms with van der Waals surface area (Å²) in [6.45, 7) is -0.964. The number of amides is 1. The molecule has 1 aromatic rings. The first kappa shape index (κ1) is 16.4. The molecule has 3 nitrogen and oxygen atoms in total. The third-order valence-corrected chi connectivity index (χ3v) is 2.53. The van der Waals surface area contributed by atoms with Gasteiger partial charge in [-0.15, -0.1) is 0 Å². The summed E-state index contributed by atoms with van der Waals surface area (Å²) in [5, 5.41) is 0. The van der Waals surface area contributed by atoms with Crippen molar-refractivity contribution >= 4 is 5.91 Å². The second-order valence-electron chi connectivity index (χ2n) is 4.07. The molecule has 0 bridgehead atoms. The van der Waals surface area contributed by atoms with Gasteiger partial charge >= 0.3 is 18.0 Å². The minimum atomic E-state index is -5.92. The summed E-state index contributed by atoms with van der Waals surface area (Å²) in [7, 11) is 0. The molecule has 1 amide bonds. The smallest absolute Gasteiger partial charge is 0.332 e. The lowest BCUT2D eigenvalue weighted by Crippen LogP contribution is -2.52. The molecule has 112 valence electrons. The summed E-state index contributed by atoms with van der Waals surface area (Å²) < 4.78 is 62.7. The van der Waals surface area contributed by atoms with Crippen molar-refractivity contribution in [1.29, 1.82) is 0 Å². The molecule has 0 radical (unpaired) electrons. The molecule has 0 aliphatic heterocycles. The molecular weight excluding hydrogens is 283 g/mol. The Morgan fingerprint density at radius 2 is 1.65 bits per heavy atom. The zero-order valence-corrected chi connectivity index (χ0v) is 10.3. The van der Waals surface area contributed by atoms with Crippen LogP contribution < -0.4 is 5.73 Å². The second kappa shape index (κ2) is 6.17. The molecule has 0 aromatic heterocycles. The van der Waals surface area contributed by atoms with E-state index in [0.29, 0.717) is 10.5 Å². The van der Waals surface area contributed by atoms with Crippen molar-refractivity contribution in [2.45, 2.75) is 18.6 Å². The van der Waals surface area contributed by atoms with Crippen molar-refractivity contribution in [1.82, 2.24) is 4.90 Å². The van der Waals surface area contributed by atoms with Gasteiger partial charge < -0.3 is 10.6 Å². The summed E-state index contributed by atoms with van der Waals surface area (Å²) in [4.78, 5) is 11.8. The number of rotatable bonds is 5. The minimum Gasteiger partial charge on any atom is -0.332 e. The van der Waals surface area contributed by atoms with E-state index < -0.39 is 18.0 Å². The quantitative estimate of drug-likeness (QED) is 0.847. The monoisotopic (exact) mass is 296 g/mol. The van der Waals surface area contributed by atoms with Crippen molar-refractivity contribution in [2.75, 3.05) is 13.1 Å². The lowest BCUT2D eigenvalue weighted by Gasteiger charge is -2.27. The Balaban J connectivity index is 2.94. The Hall–Kier alpha value is -1.70. The van der Waals surface area contributed by atoms with Crippen LogP contribution in [0.25, 0.3) is 0 Å². The average Bonchev–Trinajstić information content (AvgIpc) is 2.37. The van der Waals surface area contributed by atoms with Crippen LogP contribution in [0.2, 0.25) is 0 Å². The normalized spacial score (nSPS) is 12.3. The minimum absolute atomic E-state index is 0.216. The summed E-state index contributed by atoms with van der Waals surface area (Å²) in [5.41, 5.74) is 5.59. The topological polar surface area (TPSA) is 46.3 Å². The van der Waals surface area contributed by atoms with E-state index in [1.54, 1.807) is 18.2 Å². The molecule has 0 heterocycles. The molecule has 0 aliphatic rings. The number of hydrogen-bond acceptors (Lipinski definition) is 2. The Kier molecular flexibility index (Phi) is 5.04. The highest BCUT2D eigenvalue weighted by molar-refractivity contribution is 5.84. The van der Waals surface area contributed by atoms with Gasteiger partial charge in [-0.1, -0.05) is 30.3 Å². The molecule has 0 spiro atoms. The zero-order chi connectivity index (χ0) is 15.4. The van der Waals surface area contributed by atoms with Gasteiger partial charge in [0.25, 0.3) is 0 Å². The molecule has 0 aliphatic carbocycles. The fraction of sp³-hybridized carbons (Fsp3) is 0.417. The number of benzene rings is 1. The molecule has 2 N–H and O–H groups in total. The maximum Gasteiger partial charge on any atom is 0.463 e. The van der Waals surface area contributed by atoms with Crippen LogP contribution in [-0.2, 0) is 11.3 Å². The summed E-state index contributed by atoms with van der Waals surface area (Å²) in [6, 6.07) is 7.86. The number of hydrogen-bond donors (Lipinski definition) is 1. The average molecular weight is 296 g/mol. The number of carbonyl (C=O) groups is 1. The van der Waals surface area contributed by atoms with Crippen LogP contribution in [0.1, 0.15) is 5.56 Å². The fourth-order valence-corrected chi connectivity index (χ4v) is 1.53. The van der Waals surface area contributed by atoms with E-state index in [0.717, 1.165) is 0 Å². The Morgan fingerprint density at radius 3 is 2.10 bits per heavy atom. The maximum absolute atomic E-state index is 13.0. The van der Waals surface area contributed by atoms with Gasteiger partial charge in [-0.2, -0.15) is 22.0 Å². The standard InChI is InChI=1S/C12H13F5N2O/c13-11(14,12(15,16)17)10(20)19(7-6-18)8-9-4-2-1-3-5-9/h1-5H,6-8,18H2. The van der Waals surface area contributed by atoms with Gasteiger partial charge in [0.2, 0.25) is 0 Å². The Labute approximate surface area is 112 Å². The van der Waals surface area contributed by atoms with Crippen LogP contribution >= 0.6 is 0 Å². The Morgan fingerprint density at radius 1 is 1.10 bits per heavy atom.